The zero-order valence-electron chi connectivity index (χ0n) is 12.0. The summed E-state index contributed by atoms with van der Waals surface area (Å²) in [4.78, 5) is 16.0. The van der Waals surface area contributed by atoms with E-state index >= 15 is 0 Å². The van der Waals surface area contributed by atoms with Crippen LogP contribution in [0.25, 0.3) is 10.9 Å². The molecule has 0 amide bonds. The summed E-state index contributed by atoms with van der Waals surface area (Å²) in [6, 6.07) is 5.52. The number of pyridine rings is 1. The Balaban J connectivity index is 2.64. The van der Waals surface area contributed by atoms with Gasteiger partial charge in [-0.15, -0.1) is 0 Å². The summed E-state index contributed by atoms with van der Waals surface area (Å²) in [5, 5.41) is 0.860. The fraction of sp³-hybridized carbons (Fsp3) is 0.333. The summed E-state index contributed by atoms with van der Waals surface area (Å²) in [6.45, 7) is 1.89. The van der Waals surface area contributed by atoms with Gasteiger partial charge < -0.3 is 14.2 Å². The average molecular weight is 275 g/mol. The largest absolute Gasteiger partial charge is 0.493 e. The first-order valence-corrected chi connectivity index (χ1v) is 6.18. The fourth-order valence-electron chi connectivity index (χ4n) is 2.14. The molecule has 1 aromatic heterocycles. The Bertz CT molecular complexity index is 652. The molecule has 0 radical (unpaired) electrons. The molecule has 2 rings (SSSR count). The van der Waals surface area contributed by atoms with Crippen LogP contribution in [-0.4, -0.2) is 32.3 Å². The quantitative estimate of drug-likeness (QED) is 0.801. The van der Waals surface area contributed by atoms with E-state index in [2.05, 4.69) is 4.98 Å². The first-order chi connectivity index (χ1) is 9.58. The van der Waals surface area contributed by atoms with Gasteiger partial charge in [-0.05, 0) is 24.6 Å². The van der Waals surface area contributed by atoms with Gasteiger partial charge >= 0.3 is 5.97 Å². The van der Waals surface area contributed by atoms with E-state index in [0.717, 1.165) is 22.2 Å². The predicted molar refractivity (Wildman–Crippen MR) is 75.3 cm³/mol. The van der Waals surface area contributed by atoms with Crippen molar-refractivity contribution >= 4 is 16.9 Å². The number of carbonyl (C=O) groups excluding carboxylic acids is 1. The van der Waals surface area contributed by atoms with E-state index in [0.29, 0.717) is 11.5 Å². The third-order valence-electron chi connectivity index (χ3n) is 3.09. The van der Waals surface area contributed by atoms with Crippen molar-refractivity contribution in [1.29, 1.82) is 0 Å². The van der Waals surface area contributed by atoms with Crippen molar-refractivity contribution in [2.45, 2.75) is 13.3 Å². The molecule has 0 bridgehead atoms. The van der Waals surface area contributed by atoms with Crippen LogP contribution in [0, 0.1) is 6.92 Å². The molecule has 0 atom stereocenters. The summed E-state index contributed by atoms with van der Waals surface area (Å²) >= 11 is 0. The van der Waals surface area contributed by atoms with Gasteiger partial charge in [-0.3, -0.25) is 9.78 Å². The fourth-order valence-corrected chi connectivity index (χ4v) is 2.14. The lowest BCUT2D eigenvalue weighted by Gasteiger charge is -2.12. The topological polar surface area (TPSA) is 57.7 Å². The molecule has 20 heavy (non-hydrogen) atoms. The van der Waals surface area contributed by atoms with Gasteiger partial charge in [0, 0.05) is 17.1 Å². The van der Waals surface area contributed by atoms with E-state index in [-0.39, 0.29) is 12.4 Å². The first kappa shape index (κ1) is 14.1. The minimum Gasteiger partial charge on any atom is -0.493 e. The minimum absolute atomic E-state index is 0.200. The average Bonchev–Trinajstić information content (AvgIpc) is 2.45. The van der Waals surface area contributed by atoms with E-state index in [1.54, 1.807) is 14.2 Å². The Morgan fingerprint density at radius 3 is 2.35 bits per heavy atom. The SMILES string of the molecule is COC(=O)Cc1cc(C)nc2cc(OC)c(OC)cc12. The van der Waals surface area contributed by atoms with Crippen molar-refractivity contribution in [3.05, 3.63) is 29.5 Å². The Morgan fingerprint density at radius 1 is 1.10 bits per heavy atom. The van der Waals surface area contributed by atoms with Gasteiger partial charge in [0.05, 0.1) is 33.3 Å². The highest BCUT2D eigenvalue weighted by molar-refractivity contribution is 5.89. The molecule has 1 heterocycles. The van der Waals surface area contributed by atoms with Crippen molar-refractivity contribution in [2.24, 2.45) is 0 Å². The smallest absolute Gasteiger partial charge is 0.310 e. The molecule has 0 aliphatic rings. The Morgan fingerprint density at radius 2 is 1.75 bits per heavy atom. The van der Waals surface area contributed by atoms with Crippen molar-refractivity contribution in [2.75, 3.05) is 21.3 Å². The zero-order valence-corrected chi connectivity index (χ0v) is 12.0. The molecule has 0 aliphatic heterocycles. The van der Waals surface area contributed by atoms with Gasteiger partial charge in [-0.25, -0.2) is 0 Å². The van der Waals surface area contributed by atoms with Gasteiger partial charge in [0.1, 0.15) is 0 Å². The number of methoxy groups -OCH3 is 3. The molecule has 0 N–H and O–H groups in total. The highest BCUT2D eigenvalue weighted by Gasteiger charge is 2.13. The molecule has 0 fully saturated rings. The molecule has 0 saturated carbocycles. The number of ether oxygens (including phenoxy) is 3. The van der Waals surface area contributed by atoms with E-state index in [9.17, 15) is 4.79 Å². The molecule has 0 saturated heterocycles. The molecule has 2 aromatic rings. The zero-order chi connectivity index (χ0) is 14.7. The Kier molecular flexibility index (Phi) is 4.08. The molecule has 0 unspecified atom stereocenters. The maximum atomic E-state index is 11.5. The lowest BCUT2D eigenvalue weighted by Crippen LogP contribution is -2.06. The van der Waals surface area contributed by atoms with Gasteiger partial charge in [0.2, 0.25) is 0 Å². The van der Waals surface area contributed by atoms with Crippen molar-refractivity contribution < 1.29 is 19.0 Å². The van der Waals surface area contributed by atoms with Crippen LogP contribution >= 0.6 is 0 Å². The van der Waals surface area contributed by atoms with Crippen LogP contribution in [0.1, 0.15) is 11.3 Å². The van der Waals surface area contributed by atoms with Crippen LogP contribution in [0.2, 0.25) is 0 Å². The second-order valence-electron chi connectivity index (χ2n) is 4.40. The predicted octanol–water partition coefficient (Wildman–Crippen LogP) is 2.28. The maximum Gasteiger partial charge on any atom is 0.310 e. The normalized spacial score (nSPS) is 10.4. The van der Waals surface area contributed by atoms with Gasteiger partial charge in [0.25, 0.3) is 0 Å². The van der Waals surface area contributed by atoms with Crippen LogP contribution in [-0.2, 0) is 16.0 Å². The molecule has 5 heteroatoms. The summed E-state index contributed by atoms with van der Waals surface area (Å²) < 4.78 is 15.3. The number of fused-ring (bicyclic) bond motifs is 1. The minimum atomic E-state index is -0.285. The van der Waals surface area contributed by atoms with E-state index in [4.69, 9.17) is 14.2 Å². The molecule has 106 valence electrons. The molecular weight excluding hydrogens is 258 g/mol. The summed E-state index contributed by atoms with van der Waals surface area (Å²) in [5.74, 6) is 0.936. The van der Waals surface area contributed by atoms with Gasteiger partial charge in [-0.2, -0.15) is 0 Å². The summed E-state index contributed by atoms with van der Waals surface area (Å²) in [7, 11) is 4.53. The van der Waals surface area contributed by atoms with Crippen molar-refractivity contribution in [3.63, 3.8) is 0 Å². The summed E-state index contributed by atoms with van der Waals surface area (Å²) in [5.41, 5.74) is 2.46. The van der Waals surface area contributed by atoms with Crippen LogP contribution in [0.4, 0.5) is 0 Å². The number of esters is 1. The third kappa shape index (κ3) is 2.66. The maximum absolute atomic E-state index is 11.5. The highest BCUT2D eigenvalue weighted by Crippen LogP contribution is 2.33. The van der Waals surface area contributed by atoms with E-state index < -0.39 is 0 Å². The van der Waals surface area contributed by atoms with Gasteiger partial charge in [0.15, 0.2) is 11.5 Å². The molecule has 1 aromatic carbocycles. The Labute approximate surface area is 117 Å². The molecule has 0 spiro atoms. The second-order valence-corrected chi connectivity index (χ2v) is 4.40. The molecular formula is C15H17NO4. The first-order valence-electron chi connectivity index (χ1n) is 6.18. The van der Waals surface area contributed by atoms with Crippen LogP contribution in [0.3, 0.4) is 0 Å². The standard InChI is InChI=1S/C15H17NO4/c1-9-5-10(6-15(17)20-4)11-7-13(18-2)14(19-3)8-12(11)16-9/h5,7-8H,6H2,1-4H3. The van der Waals surface area contributed by atoms with Crippen LogP contribution < -0.4 is 9.47 Å². The molecule has 5 nitrogen and oxygen atoms in total. The van der Waals surface area contributed by atoms with Gasteiger partial charge in [-0.1, -0.05) is 0 Å². The van der Waals surface area contributed by atoms with Crippen molar-refractivity contribution in [3.8, 4) is 11.5 Å². The van der Waals surface area contributed by atoms with E-state index in [1.165, 1.54) is 7.11 Å². The number of hydrogen-bond acceptors (Lipinski definition) is 5. The molecule has 0 aliphatic carbocycles. The van der Waals surface area contributed by atoms with Crippen LogP contribution in [0.5, 0.6) is 11.5 Å². The highest BCUT2D eigenvalue weighted by atomic mass is 16.5. The van der Waals surface area contributed by atoms with E-state index in [1.807, 2.05) is 25.1 Å². The van der Waals surface area contributed by atoms with Crippen molar-refractivity contribution in [1.82, 2.24) is 4.98 Å². The number of rotatable bonds is 4. The Hall–Kier alpha value is -2.30. The van der Waals surface area contributed by atoms with Crippen LogP contribution in [0.15, 0.2) is 18.2 Å². The number of aromatic nitrogens is 1. The number of benzene rings is 1. The number of hydrogen-bond donors (Lipinski definition) is 0. The number of carbonyl (C=O) groups is 1. The number of nitrogens with zero attached hydrogens (tertiary/aromatic N) is 1. The monoisotopic (exact) mass is 275 g/mol. The lowest BCUT2D eigenvalue weighted by molar-refractivity contribution is -0.139. The summed E-state index contributed by atoms with van der Waals surface area (Å²) in [6.07, 6.45) is 0.200. The third-order valence-corrected chi connectivity index (χ3v) is 3.09. The second kappa shape index (κ2) is 5.77. The lowest BCUT2D eigenvalue weighted by atomic mass is 10.0. The number of aryl methyl sites for hydroxylation is 1.